The van der Waals surface area contributed by atoms with Crippen LogP contribution < -0.4 is 4.74 Å². The monoisotopic (exact) mass is 290 g/mol. The molecule has 0 saturated carbocycles. The second kappa shape index (κ2) is 7.21. The van der Waals surface area contributed by atoms with Gasteiger partial charge >= 0.3 is 0 Å². The van der Waals surface area contributed by atoms with Gasteiger partial charge in [-0.1, -0.05) is 32.4 Å². The molecule has 1 unspecified atom stereocenters. The van der Waals surface area contributed by atoms with E-state index >= 15 is 0 Å². The van der Waals surface area contributed by atoms with Crippen LogP contribution in [-0.2, 0) is 0 Å². The molecule has 0 amide bonds. The van der Waals surface area contributed by atoms with E-state index in [0.717, 1.165) is 30.2 Å². The van der Waals surface area contributed by atoms with Crippen LogP contribution in [0.4, 0.5) is 8.78 Å². The van der Waals surface area contributed by atoms with Crippen molar-refractivity contribution in [1.29, 1.82) is 0 Å². The molecule has 0 fully saturated rings. The molecule has 0 spiro atoms. The first-order chi connectivity index (χ1) is 10.1. The van der Waals surface area contributed by atoms with Crippen molar-refractivity contribution in [2.24, 2.45) is 5.92 Å². The Morgan fingerprint density at radius 3 is 2.14 bits per heavy atom. The quantitative estimate of drug-likeness (QED) is 0.687. The van der Waals surface area contributed by atoms with Crippen molar-refractivity contribution >= 4 is 0 Å². The average molecular weight is 290 g/mol. The SMILES string of the molecule is CCCC(C)COc1ccc(-c2cc(F)cc(F)c2)cc1. The summed E-state index contributed by atoms with van der Waals surface area (Å²) in [4.78, 5) is 0. The van der Waals surface area contributed by atoms with Crippen LogP contribution in [0.15, 0.2) is 42.5 Å². The highest BCUT2D eigenvalue weighted by Gasteiger charge is 2.05. The zero-order valence-electron chi connectivity index (χ0n) is 12.4. The van der Waals surface area contributed by atoms with E-state index in [2.05, 4.69) is 13.8 Å². The maximum absolute atomic E-state index is 13.2. The summed E-state index contributed by atoms with van der Waals surface area (Å²) >= 11 is 0. The van der Waals surface area contributed by atoms with Gasteiger partial charge in [-0.25, -0.2) is 8.78 Å². The van der Waals surface area contributed by atoms with Gasteiger partial charge in [0.05, 0.1) is 6.61 Å². The maximum Gasteiger partial charge on any atom is 0.126 e. The predicted octanol–water partition coefficient (Wildman–Crippen LogP) is 5.45. The molecular formula is C18H20F2O. The van der Waals surface area contributed by atoms with Crippen LogP contribution >= 0.6 is 0 Å². The third-order valence-corrected chi connectivity index (χ3v) is 3.37. The summed E-state index contributed by atoms with van der Waals surface area (Å²) in [5.74, 6) is 0.156. The van der Waals surface area contributed by atoms with Gasteiger partial charge in [0.15, 0.2) is 0 Å². The van der Waals surface area contributed by atoms with Gasteiger partial charge in [0, 0.05) is 6.07 Å². The van der Waals surface area contributed by atoms with E-state index in [-0.39, 0.29) is 0 Å². The maximum atomic E-state index is 13.2. The minimum absolute atomic E-state index is 0.520. The molecule has 0 aliphatic rings. The van der Waals surface area contributed by atoms with Crippen LogP contribution in [0, 0.1) is 17.6 Å². The molecule has 1 nitrogen and oxygen atoms in total. The van der Waals surface area contributed by atoms with E-state index in [1.165, 1.54) is 12.1 Å². The first kappa shape index (κ1) is 15.5. The van der Waals surface area contributed by atoms with Gasteiger partial charge in [0.25, 0.3) is 0 Å². The minimum atomic E-state index is -0.571. The summed E-state index contributed by atoms with van der Waals surface area (Å²) in [7, 11) is 0. The fraction of sp³-hybridized carbons (Fsp3) is 0.333. The number of hydrogen-bond donors (Lipinski definition) is 0. The second-order valence-electron chi connectivity index (χ2n) is 5.39. The fourth-order valence-electron chi connectivity index (χ4n) is 2.28. The number of rotatable bonds is 6. The Hall–Kier alpha value is -1.90. The molecule has 0 N–H and O–H groups in total. The van der Waals surface area contributed by atoms with Crippen molar-refractivity contribution in [1.82, 2.24) is 0 Å². The molecule has 0 heterocycles. The first-order valence-corrected chi connectivity index (χ1v) is 7.28. The molecule has 21 heavy (non-hydrogen) atoms. The van der Waals surface area contributed by atoms with Crippen molar-refractivity contribution in [3.05, 3.63) is 54.1 Å². The van der Waals surface area contributed by atoms with Gasteiger partial charge in [0.1, 0.15) is 17.4 Å². The van der Waals surface area contributed by atoms with E-state index in [4.69, 9.17) is 4.74 Å². The highest BCUT2D eigenvalue weighted by molar-refractivity contribution is 5.64. The molecule has 2 aromatic carbocycles. The first-order valence-electron chi connectivity index (χ1n) is 7.28. The summed E-state index contributed by atoms with van der Waals surface area (Å²) in [5.41, 5.74) is 1.29. The Kier molecular flexibility index (Phi) is 5.32. The van der Waals surface area contributed by atoms with E-state index in [0.29, 0.717) is 18.1 Å². The number of benzene rings is 2. The van der Waals surface area contributed by atoms with Crippen LogP contribution in [0.1, 0.15) is 26.7 Å². The normalized spacial score (nSPS) is 12.2. The number of hydrogen-bond acceptors (Lipinski definition) is 1. The van der Waals surface area contributed by atoms with E-state index in [1.807, 2.05) is 24.3 Å². The minimum Gasteiger partial charge on any atom is -0.493 e. The van der Waals surface area contributed by atoms with Crippen LogP contribution in [0.25, 0.3) is 11.1 Å². The van der Waals surface area contributed by atoms with Crippen molar-refractivity contribution in [3.63, 3.8) is 0 Å². The van der Waals surface area contributed by atoms with Crippen molar-refractivity contribution in [2.45, 2.75) is 26.7 Å². The van der Waals surface area contributed by atoms with Gasteiger partial charge in [-0.05, 0) is 47.7 Å². The highest BCUT2D eigenvalue weighted by Crippen LogP contribution is 2.24. The van der Waals surface area contributed by atoms with Gasteiger partial charge < -0.3 is 4.74 Å². The lowest BCUT2D eigenvalue weighted by Crippen LogP contribution is -2.07. The molecule has 0 radical (unpaired) electrons. The molecule has 0 aliphatic heterocycles. The van der Waals surface area contributed by atoms with E-state index in [1.54, 1.807) is 0 Å². The van der Waals surface area contributed by atoms with E-state index < -0.39 is 11.6 Å². The number of ether oxygens (including phenoxy) is 1. The Bertz CT molecular complexity index is 558. The average Bonchev–Trinajstić information content (AvgIpc) is 2.45. The molecule has 0 aliphatic carbocycles. The standard InChI is InChI=1S/C18H20F2O/c1-3-4-13(2)12-21-18-7-5-14(6-8-18)15-9-16(19)11-17(20)10-15/h5-11,13H,3-4,12H2,1-2H3. The molecule has 112 valence electrons. The smallest absolute Gasteiger partial charge is 0.126 e. The molecule has 3 heteroatoms. The molecule has 0 saturated heterocycles. The van der Waals surface area contributed by atoms with Crippen LogP contribution in [-0.4, -0.2) is 6.61 Å². The summed E-state index contributed by atoms with van der Waals surface area (Å²) < 4.78 is 32.1. The van der Waals surface area contributed by atoms with Crippen LogP contribution in [0.2, 0.25) is 0 Å². The van der Waals surface area contributed by atoms with Crippen LogP contribution in [0.3, 0.4) is 0 Å². The lowest BCUT2D eigenvalue weighted by Gasteiger charge is -2.12. The Labute approximate surface area is 124 Å². The van der Waals surface area contributed by atoms with Crippen molar-refractivity contribution in [3.8, 4) is 16.9 Å². The molecule has 0 bridgehead atoms. The van der Waals surface area contributed by atoms with Gasteiger partial charge in [-0.3, -0.25) is 0 Å². The molecule has 1 atom stereocenters. The predicted molar refractivity (Wildman–Crippen MR) is 81.4 cm³/mol. The second-order valence-corrected chi connectivity index (χ2v) is 5.39. The zero-order valence-corrected chi connectivity index (χ0v) is 12.4. The van der Waals surface area contributed by atoms with E-state index in [9.17, 15) is 8.78 Å². The largest absolute Gasteiger partial charge is 0.493 e. The summed E-state index contributed by atoms with van der Waals surface area (Å²) in [6.07, 6.45) is 2.29. The lowest BCUT2D eigenvalue weighted by molar-refractivity contribution is 0.251. The Balaban J connectivity index is 2.04. The molecule has 2 rings (SSSR count). The zero-order chi connectivity index (χ0) is 15.2. The molecular weight excluding hydrogens is 270 g/mol. The fourth-order valence-corrected chi connectivity index (χ4v) is 2.28. The lowest BCUT2D eigenvalue weighted by atomic mass is 10.1. The van der Waals surface area contributed by atoms with Crippen molar-refractivity contribution < 1.29 is 13.5 Å². The van der Waals surface area contributed by atoms with Crippen molar-refractivity contribution in [2.75, 3.05) is 6.61 Å². The van der Waals surface area contributed by atoms with Gasteiger partial charge in [0.2, 0.25) is 0 Å². The Morgan fingerprint density at radius 2 is 1.57 bits per heavy atom. The summed E-state index contributed by atoms with van der Waals surface area (Å²) in [6, 6.07) is 10.8. The Morgan fingerprint density at radius 1 is 0.952 bits per heavy atom. The van der Waals surface area contributed by atoms with Gasteiger partial charge in [-0.2, -0.15) is 0 Å². The summed E-state index contributed by atoms with van der Waals surface area (Å²) in [6.45, 7) is 5.00. The molecule has 0 aromatic heterocycles. The molecule has 2 aromatic rings. The van der Waals surface area contributed by atoms with Gasteiger partial charge in [-0.15, -0.1) is 0 Å². The third-order valence-electron chi connectivity index (χ3n) is 3.37. The highest BCUT2D eigenvalue weighted by atomic mass is 19.1. The third kappa shape index (κ3) is 4.55. The topological polar surface area (TPSA) is 9.23 Å². The summed E-state index contributed by atoms with van der Waals surface area (Å²) in [5, 5.41) is 0. The number of halogens is 2. The van der Waals surface area contributed by atoms with Crippen LogP contribution in [0.5, 0.6) is 5.75 Å².